The molecule has 1 atom stereocenters. The first kappa shape index (κ1) is 21.2. The largest absolute Gasteiger partial charge is 0.507 e. The molecule has 0 saturated carbocycles. The van der Waals surface area contributed by atoms with Crippen LogP contribution in [0, 0.1) is 12.7 Å². The van der Waals surface area contributed by atoms with E-state index in [0.717, 1.165) is 57.1 Å². The summed E-state index contributed by atoms with van der Waals surface area (Å²) in [6.07, 6.45) is 3.18. The number of hydrogen-bond acceptors (Lipinski definition) is 8. The molecule has 5 rings (SSSR count). The topological polar surface area (TPSA) is 83.4 Å². The van der Waals surface area contributed by atoms with Crippen LogP contribution in [0.3, 0.4) is 0 Å². The number of hydrogen-bond donors (Lipinski definition) is 2. The van der Waals surface area contributed by atoms with Gasteiger partial charge in [-0.15, -0.1) is 10.2 Å². The van der Waals surface area contributed by atoms with Crippen molar-refractivity contribution in [1.82, 2.24) is 19.9 Å². The van der Waals surface area contributed by atoms with Crippen molar-refractivity contribution in [3.05, 3.63) is 41.8 Å². The van der Waals surface area contributed by atoms with Gasteiger partial charge in [0, 0.05) is 49.5 Å². The fourth-order valence-corrected chi connectivity index (χ4v) is 5.16. The molecule has 2 aromatic heterocycles. The zero-order valence-corrected chi connectivity index (χ0v) is 18.7. The van der Waals surface area contributed by atoms with Gasteiger partial charge in [-0.25, -0.2) is 4.39 Å². The summed E-state index contributed by atoms with van der Waals surface area (Å²) in [4.78, 5) is 2.89. The molecule has 0 amide bonds. The van der Waals surface area contributed by atoms with E-state index in [4.69, 9.17) is 4.74 Å². The average Bonchev–Trinajstić information content (AvgIpc) is 3.45. The molecule has 2 aliphatic rings. The predicted molar refractivity (Wildman–Crippen MR) is 123 cm³/mol. The zero-order chi connectivity index (χ0) is 22.1. The van der Waals surface area contributed by atoms with E-state index < -0.39 is 5.82 Å². The quantitative estimate of drug-likeness (QED) is 0.606. The summed E-state index contributed by atoms with van der Waals surface area (Å²) in [5.41, 5.74) is 1.92. The number of anilines is 1. The van der Waals surface area contributed by atoms with Crippen LogP contribution in [0.5, 0.6) is 5.75 Å². The van der Waals surface area contributed by atoms with Gasteiger partial charge >= 0.3 is 0 Å². The Kier molecular flexibility index (Phi) is 6.03. The second-order valence-corrected chi connectivity index (χ2v) is 9.25. The summed E-state index contributed by atoms with van der Waals surface area (Å²) >= 11 is 1.21. The highest BCUT2D eigenvalue weighted by Crippen LogP contribution is 2.36. The van der Waals surface area contributed by atoms with E-state index in [9.17, 15) is 9.50 Å². The highest BCUT2D eigenvalue weighted by Gasteiger charge is 2.26. The van der Waals surface area contributed by atoms with E-state index in [2.05, 4.69) is 24.8 Å². The second-order valence-electron chi connectivity index (χ2n) is 8.44. The van der Waals surface area contributed by atoms with Gasteiger partial charge in [-0.1, -0.05) is 0 Å². The van der Waals surface area contributed by atoms with E-state index in [1.54, 1.807) is 12.1 Å². The van der Waals surface area contributed by atoms with Crippen LogP contribution < -0.4 is 10.2 Å². The SMILES string of the molecule is Cc1cc(-c2cc(O)c(-c3ccc(N4CCC(NC5CCOCC5)C4)nn3)cc2F)sn1. The number of ether oxygens (including phenoxy) is 1. The summed E-state index contributed by atoms with van der Waals surface area (Å²) in [7, 11) is 0. The molecular formula is C23H26FN5O2S. The van der Waals surface area contributed by atoms with Crippen LogP contribution in [0.1, 0.15) is 25.0 Å². The lowest BCUT2D eigenvalue weighted by atomic mass is 10.1. The molecule has 9 heteroatoms. The van der Waals surface area contributed by atoms with Gasteiger partial charge < -0.3 is 20.1 Å². The minimum Gasteiger partial charge on any atom is -0.507 e. The molecule has 2 N–H and O–H groups in total. The molecule has 1 aromatic carbocycles. The highest BCUT2D eigenvalue weighted by molar-refractivity contribution is 7.09. The van der Waals surface area contributed by atoms with Crippen LogP contribution in [0.2, 0.25) is 0 Å². The van der Waals surface area contributed by atoms with E-state index in [0.29, 0.717) is 33.8 Å². The number of rotatable bonds is 5. The fraction of sp³-hybridized carbons (Fsp3) is 0.435. The molecular weight excluding hydrogens is 429 g/mol. The van der Waals surface area contributed by atoms with Gasteiger partial charge in [0.25, 0.3) is 0 Å². The maximum absolute atomic E-state index is 14.8. The molecule has 2 fully saturated rings. The van der Waals surface area contributed by atoms with Gasteiger partial charge in [-0.05, 0) is 68.1 Å². The number of nitrogens with one attached hydrogen (secondary N) is 1. The van der Waals surface area contributed by atoms with Crippen molar-refractivity contribution < 1.29 is 14.2 Å². The summed E-state index contributed by atoms with van der Waals surface area (Å²) in [5.74, 6) is 0.340. The molecule has 7 nitrogen and oxygen atoms in total. The molecule has 1 unspecified atom stereocenters. The van der Waals surface area contributed by atoms with Crippen LogP contribution in [-0.2, 0) is 4.74 Å². The van der Waals surface area contributed by atoms with E-state index in [-0.39, 0.29) is 5.75 Å². The van der Waals surface area contributed by atoms with Crippen LogP contribution in [0.15, 0.2) is 30.3 Å². The van der Waals surface area contributed by atoms with Crippen molar-refractivity contribution in [2.45, 2.75) is 38.3 Å². The third-order valence-corrected chi connectivity index (χ3v) is 7.02. The lowest BCUT2D eigenvalue weighted by Crippen LogP contribution is -2.43. The number of benzene rings is 1. The standard InChI is InChI=1S/C23H26FN5O2S/c1-14-10-22(32-28-14)17-12-21(30)18(11-19(17)24)20-2-3-23(27-26-20)29-7-4-16(13-29)25-15-5-8-31-9-6-15/h2-3,10-12,15-16,25,30H,4-9,13H2,1H3. The fourth-order valence-electron chi connectivity index (χ4n) is 4.39. The number of phenols is 1. The van der Waals surface area contributed by atoms with Gasteiger partial charge in [0.1, 0.15) is 11.6 Å². The van der Waals surface area contributed by atoms with Crippen LogP contribution in [-0.4, -0.2) is 58.1 Å². The Hall–Kier alpha value is -2.62. The molecule has 32 heavy (non-hydrogen) atoms. The normalized spacial score (nSPS) is 19.6. The third kappa shape index (κ3) is 4.46. The molecule has 2 saturated heterocycles. The Bertz CT molecular complexity index is 1080. The molecule has 2 aliphatic heterocycles. The summed E-state index contributed by atoms with van der Waals surface area (Å²) in [6, 6.07) is 9.17. The molecule has 0 radical (unpaired) electrons. The van der Waals surface area contributed by atoms with Gasteiger partial charge in [0.05, 0.1) is 16.3 Å². The van der Waals surface area contributed by atoms with Gasteiger partial charge in [0.15, 0.2) is 5.82 Å². The van der Waals surface area contributed by atoms with E-state index in [1.165, 1.54) is 23.7 Å². The highest BCUT2D eigenvalue weighted by atomic mass is 32.1. The van der Waals surface area contributed by atoms with Crippen molar-refractivity contribution in [2.75, 3.05) is 31.2 Å². The Labute approximate surface area is 190 Å². The van der Waals surface area contributed by atoms with Crippen molar-refractivity contribution in [3.63, 3.8) is 0 Å². The number of halogens is 1. The molecule has 168 valence electrons. The van der Waals surface area contributed by atoms with Gasteiger partial charge in [0.2, 0.25) is 0 Å². The number of aromatic nitrogens is 3. The van der Waals surface area contributed by atoms with Crippen molar-refractivity contribution in [3.8, 4) is 27.4 Å². The number of aromatic hydroxyl groups is 1. The second kappa shape index (κ2) is 9.09. The monoisotopic (exact) mass is 455 g/mol. The summed E-state index contributed by atoms with van der Waals surface area (Å²) < 4.78 is 24.4. The van der Waals surface area contributed by atoms with Gasteiger partial charge in [-0.2, -0.15) is 4.37 Å². The lowest BCUT2D eigenvalue weighted by molar-refractivity contribution is 0.0755. The number of aryl methyl sites for hydroxylation is 1. The molecule has 0 spiro atoms. The minimum atomic E-state index is -0.422. The van der Waals surface area contributed by atoms with Crippen molar-refractivity contribution >= 4 is 17.4 Å². The first-order chi connectivity index (χ1) is 15.6. The first-order valence-electron chi connectivity index (χ1n) is 11.0. The Balaban J connectivity index is 1.28. The lowest BCUT2D eigenvalue weighted by Gasteiger charge is -2.26. The Morgan fingerprint density at radius 2 is 1.94 bits per heavy atom. The van der Waals surface area contributed by atoms with Gasteiger partial charge in [-0.3, -0.25) is 0 Å². The smallest absolute Gasteiger partial charge is 0.151 e. The Morgan fingerprint density at radius 1 is 1.09 bits per heavy atom. The third-order valence-electron chi connectivity index (χ3n) is 6.11. The molecule has 0 aliphatic carbocycles. The predicted octanol–water partition coefficient (Wildman–Crippen LogP) is 3.77. The van der Waals surface area contributed by atoms with Crippen LogP contribution in [0.4, 0.5) is 10.2 Å². The number of nitrogens with zero attached hydrogens (tertiary/aromatic N) is 4. The summed E-state index contributed by atoms with van der Waals surface area (Å²) in [5, 5.41) is 22.9. The Morgan fingerprint density at radius 3 is 2.66 bits per heavy atom. The molecule has 0 bridgehead atoms. The van der Waals surface area contributed by atoms with Crippen molar-refractivity contribution in [2.24, 2.45) is 0 Å². The molecule has 3 aromatic rings. The number of phenolic OH excluding ortho intramolecular Hbond substituents is 1. The van der Waals surface area contributed by atoms with Crippen molar-refractivity contribution in [1.29, 1.82) is 0 Å². The maximum Gasteiger partial charge on any atom is 0.151 e. The zero-order valence-electron chi connectivity index (χ0n) is 17.9. The average molecular weight is 456 g/mol. The van der Waals surface area contributed by atoms with Crippen LogP contribution >= 0.6 is 11.5 Å². The maximum atomic E-state index is 14.8. The van der Waals surface area contributed by atoms with Crippen LogP contribution in [0.25, 0.3) is 21.7 Å². The first-order valence-corrected chi connectivity index (χ1v) is 11.7. The van der Waals surface area contributed by atoms with E-state index in [1.807, 2.05) is 13.0 Å². The molecule has 4 heterocycles. The summed E-state index contributed by atoms with van der Waals surface area (Å²) in [6.45, 7) is 5.32. The van der Waals surface area contributed by atoms with E-state index >= 15 is 0 Å². The minimum absolute atomic E-state index is 0.0311.